The van der Waals surface area contributed by atoms with Gasteiger partial charge in [0.2, 0.25) is 11.6 Å². The molecule has 4 aromatic carbocycles. The number of rotatable bonds is 6. The van der Waals surface area contributed by atoms with Gasteiger partial charge in [0.15, 0.2) is 0 Å². The van der Waals surface area contributed by atoms with Gasteiger partial charge in [-0.3, -0.25) is 9.59 Å². The Kier molecular flexibility index (Phi) is 5.79. The molecule has 5 rings (SSSR count). The molecule has 0 unspecified atom stereocenters. The molecule has 1 aliphatic carbocycles. The summed E-state index contributed by atoms with van der Waals surface area (Å²) < 4.78 is 0. The van der Waals surface area contributed by atoms with Crippen LogP contribution < -0.4 is 4.90 Å². The molecular weight excluding hydrogens is 422 g/mol. The van der Waals surface area contributed by atoms with Gasteiger partial charge in [-0.15, -0.1) is 0 Å². The van der Waals surface area contributed by atoms with E-state index in [4.69, 9.17) is 0 Å². The summed E-state index contributed by atoms with van der Waals surface area (Å²) in [6.45, 7) is 1.35. The molecule has 4 aromatic rings. The van der Waals surface area contributed by atoms with Crippen molar-refractivity contribution in [2.75, 3.05) is 4.90 Å². The second-order valence-corrected chi connectivity index (χ2v) is 8.33. The van der Waals surface area contributed by atoms with Crippen molar-refractivity contribution in [3.63, 3.8) is 0 Å². The number of ketones is 2. The summed E-state index contributed by atoms with van der Waals surface area (Å²) in [4.78, 5) is 26.8. The zero-order chi connectivity index (χ0) is 23.5. The van der Waals surface area contributed by atoms with Crippen molar-refractivity contribution in [2.24, 2.45) is 0 Å². The molecule has 0 amide bonds. The second-order valence-electron chi connectivity index (χ2n) is 8.33. The standard InChI is InChI=1S/C30H23NO3/c32-28-17-23(31(19-21-9-3-1-4-10-21)20-22-11-5-2-6-12-22)15-16-25(28)27-18-29(33)30(34)26-14-8-7-13-24(26)27/h1-18,32H,19-20H2. The first kappa shape index (κ1) is 21.4. The molecule has 34 heavy (non-hydrogen) atoms. The molecule has 0 bridgehead atoms. The average molecular weight is 446 g/mol. The van der Waals surface area contributed by atoms with Crippen LogP contribution in [0.5, 0.6) is 5.75 Å². The van der Waals surface area contributed by atoms with Crippen LogP contribution in [0.15, 0.2) is 109 Å². The van der Waals surface area contributed by atoms with Crippen molar-refractivity contribution >= 4 is 22.8 Å². The molecular formula is C30H23NO3. The zero-order valence-corrected chi connectivity index (χ0v) is 18.5. The molecule has 0 aliphatic heterocycles. The van der Waals surface area contributed by atoms with Gasteiger partial charge in [-0.1, -0.05) is 84.9 Å². The fourth-order valence-electron chi connectivity index (χ4n) is 4.34. The van der Waals surface area contributed by atoms with Gasteiger partial charge in [0, 0.05) is 36.0 Å². The number of hydrogen-bond donors (Lipinski definition) is 1. The Labute approximate surface area is 198 Å². The van der Waals surface area contributed by atoms with E-state index in [2.05, 4.69) is 29.2 Å². The fourth-order valence-corrected chi connectivity index (χ4v) is 4.34. The number of nitrogens with zero attached hydrogens (tertiary/aromatic N) is 1. The van der Waals surface area contributed by atoms with E-state index in [1.165, 1.54) is 6.08 Å². The van der Waals surface area contributed by atoms with Crippen molar-refractivity contribution in [3.8, 4) is 5.75 Å². The maximum Gasteiger partial charge on any atom is 0.233 e. The molecule has 0 spiro atoms. The van der Waals surface area contributed by atoms with E-state index in [1.54, 1.807) is 24.3 Å². The van der Waals surface area contributed by atoms with E-state index >= 15 is 0 Å². The third-order valence-corrected chi connectivity index (χ3v) is 6.03. The van der Waals surface area contributed by atoms with Gasteiger partial charge in [0.1, 0.15) is 5.75 Å². The van der Waals surface area contributed by atoms with Crippen LogP contribution in [-0.2, 0) is 17.9 Å². The van der Waals surface area contributed by atoms with E-state index in [1.807, 2.05) is 54.6 Å². The molecule has 166 valence electrons. The first-order chi connectivity index (χ1) is 16.6. The van der Waals surface area contributed by atoms with Crippen LogP contribution >= 0.6 is 0 Å². The number of phenols is 1. The molecule has 0 atom stereocenters. The van der Waals surface area contributed by atoms with Crippen molar-refractivity contribution in [2.45, 2.75) is 13.1 Å². The number of Topliss-reactive ketones (excluding diaryl/α,β-unsaturated/α-hetero) is 1. The lowest BCUT2D eigenvalue weighted by Gasteiger charge is -2.26. The van der Waals surface area contributed by atoms with E-state index in [0.29, 0.717) is 35.4 Å². The van der Waals surface area contributed by atoms with Crippen molar-refractivity contribution in [1.82, 2.24) is 0 Å². The number of carbonyl (C=O) groups is 2. The molecule has 0 aromatic heterocycles. The first-order valence-electron chi connectivity index (χ1n) is 11.2. The third-order valence-electron chi connectivity index (χ3n) is 6.03. The smallest absolute Gasteiger partial charge is 0.233 e. The van der Waals surface area contributed by atoms with Crippen LogP contribution in [0, 0.1) is 0 Å². The second kappa shape index (κ2) is 9.20. The predicted octanol–water partition coefficient (Wildman–Crippen LogP) is 5.80. The topological polar surface area (TPSA) is 57.6 Å². The highest BCUT2D eigenvalue weighted by Crippen LogP contribution is 2.37. The highest BCUT2D eigenvalue weighted by atomic mass is 16.3. The summed E-state index contributed by atoms with van der Waals surface area (Å²) >= 11 is 0. The number of fused-ring (bicyclic) bond motifs is 1. The summed E-state index contributed by atoms with van der Waals surface area (Å²) in [7, 11) is 0. The summed E-state index contributed by atoms with van der Waals surface area (Å²) in [6.07, 6.45) is 1.32. The Morgan fingerprint density at radius 3 is 1.76 bits per heavy atom. The van der Waals surface area contributed by atoms with Crippen molar-refractivity contribution in [1.29, 1.82) is 0 Å². The molecule has 0 saturated carbocycles. The van der Waals surface area contributed by atoms with E-state index in [9.17, 15) is 14.7 Å². The largest absolute Gasteiger partial charge is 0.507 e. The van der Waals surface area contributed by atoms with Gasteiger partial charge in [-0.2, -0.15) is 0 Å². The van der Waals surface area contributed by atoms with Crippen LogP contribution in [0.1, 0.15) is 32.6 Å². The highest BCUT2D eigenvalue weighted by molar-refractivity contribution is 6.51. The lowest BCUT2D eigenvalue weighted by molar-refractivity contribution is -0.111. The van der Waals surface area contributed by atoms with E-state index in [-0.39, 0.29) is 5.75 Å². The SMILES string of the molecule is O=C1C=C(c2ccc(N(Cc3ccccc3)Cc3ccccc3)cc2O)c2ccccc2C1=O. The minimum Gasteiger partial charge on any atom is -0.507 e. The quantitative estimate of drug-likeness (QED) is 0.381. The zero-order valence-electron chi connectivity index (χ0n) is 18.5. The lowest BCUT2D eigenvalue weighted by atomic mass is 9.85. The van der Waals surface area contributed by atoms with Crippen LogP contribution in [0.4, 0.5) is 5.69 Å². The summed E-state index contributed by atoms with van der Waals surface area (Å²) in [5.74, 6) is -1.04. The Morgan fingerprint density at radius 2 is 1.18 bits per heavy atom. The minimum absolute atomic E-state index is 0.0619. The number of carbonyl (C=O) groups excluding carboxylic acids is 2. The molecule has 4 heteroatoms. The van der Waals surface area contributed by atoms with E-state index < -0.39 is 11.6 Å². The number of aromatic hydroxyl groups is 1. The Bertz CT molecular complexity index is 1350. The van der Waals surface area contributed by atoms with E-state index in [0.717, 1.165) is 16.8 Å². The van der Waals surface area contributed by atoms with Crippen LogP contribution in [0.2, 0.25) is 0 Å². The number of hydrogen-bond acceptors (Lipinski definition) is 4. The number of benzene rings is 4. The number of anilines is 1. The number of phenolic OH excluding ortho intramolecular Hbond substituents is 1. The lowest BCUT2D eigenvalue weighted by Crippen LogP contribution is -2.22. The third kappa shape index (κ3) is 4.26. The Hall–Kier alpha value is -4.44. The maximum atomic E-state index is 12.3. The average Bonchev–Trinajstić information content (AvgIpc) is 2.87. The number of allylic oxidation sites excluding steroid dienone is 1. The first-order valence-corrected chi connectivity index (χ1v) is 11.2. The van der Waals surface area contributed by atoms with Gasteiger partial charge in [-0.05, 0) is 40.5 Å². The molecule has 0 saturated heterocycles. The summed E-state index contributed by atoms with van der Waals surface area (Å²) in [5.41, 5.74) is 5.29. The highest BCUT2D eigenvalue weighted by Gasteiger charge is 2.27. The van der Waals surface area contributed by atoms with Gasteiger partial charge in [0.05, 0.1) is 0 Å². The molecule has 4 nitrogen and oxygen atoms in total. The monoisotopic (exact) mass is 445 g/mol. The Balaban J connectivity index is 1.52. The molecule has 1 N–H and O–H groups in total. The summed E-state index contributed by atoms with van der Waals surface area (Å²) in [6, 6.07) is 32.9. The predicted molar refractivity (Wildman–Crippen MR) is 134 cm³/mol. The van der Waals surface area contributed by atoms with Gasteiger partial charge >= 0.3 is 0 Å². The van der Waals surface area contributed by atoms with Crippen molar-refractivity contribution in [3.05, 3.63) is 137 Å². The van der Waals surface area contributed by atoms with Gasteiger partial charge < -0.3 is 10.0 Å². The van der Waals surface area contributed by atoms with Crippen LogP contribution in [0.3, 0.4) is 0 Å². The van der Waals surface area contributed by atoms with Gasteiger partial charge in [0.25, 0.3) is 0 Å². The minimum atomic E-state index is -0.577. The normalized spacial score (nSPS) is 12.8. The molecule has 0 heterocycles. The maximum absolute atomic E-state index is 12.3. The van der Waals surface area contributed by atoms with Crippen LogP contribution in [-0.4, -0.2) is 16.7 Å². The van der Waals surface area contributed by atoms with Crippen LogP contribution in [0.25, 0.3) is 5.57 Å². The molecule has 0 fully saturated rings. The molecule has 0 radical (unpaired) electrons. The Morgan fingerprint density at radius 1 is 0.618 bits per heavy atom. The van der Waals surface area contributed by atoms with Gasteiger partial charge in [-0.25, -0.2) is 0 Å². The van der Waals surface area contributed by atoms with Crippen molar-refractivity contribution < 1.29 is 14.7 Å². The fraction of sp³-hybridized carbons (Fsp3) is 0.0667. The summed E-state index contributed by atoms with van der Waals surface area (Å²) in [5, 5.41) is 11.0. The molecule has 1 aliphatic rings.